The lowest BCUT2D eigenvalue weighted by molar-refractivity contribution is 0.0697. The minimum atomic E-state index is -0.956. The van der Waals surface area contributed by atoms with Crippen molar-refractivity contribution >= 4 is 23.4 Å². The minimum absolute atomic E-state index is 0.233. The fourth-order valence-corrected chi connectivity index (χ4v) is 1.71. The van der Waals surface area contributed by atoms with Gasteiger partial charge in [0, 0.05) is 11.4 Å². The Bertz CT molecular complexity index is 325. The molecule has 0 unspecified atom stereocenters. The molecule has 1 aromatic carbocycles. The van der Waals surface area contributed by atoms with Gasteiger partial charge in [0.2, 0.25) is 0 Å². The van der Waals surface area contributed by atoms with Crippen molar-refractivity contribution in [3.63, 3.8) is 0 Å². The summed E-state index contributed by atoms with van der Waals surface area (Å²) in [6, 6.07) is 5.16. The molecule has 0 aliphatic carbocycles. The molecule has 0 amide bonds. The number of nitrogen functional groups attached to an aromatic ring is 1. The molecule has 3 N–H and O–H groups in total. The molecule has 70 valence electrons. The number of carbonyl (C=O) groups is 1. The van der Waals surface area contributed by atoms with Crippen molar-refractivity contribution < 1.29 is 9.90 Å². The number of thioether (sulfide) groups is 1. The highest BCUT2D eigenvalue weighted by Crippen LogP contribution is 2.20. The third kappa shape index (κ3) is 2.15. The van der Waals surface area contributed by atoms with Crippen LogP contribution in [0, 0.1) is 0 Å². The number of rotatable bonds is 3. The summed E-state index contributed by atoms with van der Waals surface area (Å²) in [6.45, 7) is 0. The summed E-state index contributed by atoms with van der Waals surface area (Å²) in [5, 5.41) is 8.88. The molecule has 0 aliphatic heterocycles. The van der Waals surface area contributed by atoms with E-state index >= 15 is 0 Å². The molecule has 0 atom stereocenters. The maximum atomic E-state index is 10.8. The van der Waals surface area contributed by atoms with Crippen molar-refractivity contribution in [1.82, 2.24) is 0 Å². The van der Waals surface area contributed by atoms with Gasteiger partial charge in [-0.3, -0.25) is 0 Å². The van der Waals surface area contributed by atoms with Crippen LogP contribution in [0.15, 0.2) is 18.2 Å². The van der Waals surface area contributed by atoms with E-state index in [4.69, 9.17) is 10.8 Å². The number of anilines is 1. The molecule has 0 radical (unpaired) electrons. The van der Waals surface area contributed by atoms with Gasteiger partial charge in [-0.25, -0.2) is 4.79 Å². The van der Waals surface area contributed by atoms with Crippen molar-refractivity contribution in [2.75, 3.05) is 12.0 Å². The Morgan fingerprint density at radius 2 is 2.31 bits per heavy atom. The molecule has 0 heterocycles. The third-order valence-electron chi connectivity index (χ3n) is 1.70. The van der Waals surface area contributed by atoms with Crippen LogP contribution in [0.4, 0.5) is 5.69 Å². The Balaban J connectivity index is 3.17. The van der Waals surface area contributed by atoms with Gasteiger partial charge in [-0.15, -0.1) is 0 Å². The summed E-state index contributed by atoms with van der Waals surface area (Å²) in [4.78, 5) is 10.8. The second-order valence-electron chi connectivity index (χ2n) is 2.62. The van der Waals surface area contributed by atoms with Crippen LogP contribution in [0.3, 0.4) is 0 Å². The largest absolute Gasteiger partial charge is 0.478 e. The van der Waals surface area contributed by atoms with Gasteiger partial charge in [0.25, 0.3) is 0 Å². The molecule has 1 aromatic rings. The molecule has 0 saturated carbocycles. The molecule has 0 aromatic heterocycles. The van der Waals surface area contributed by atoms with E-state index in [1.54, 1.807) is 30.0 Å². The lowest BCUT2D eigenvalue weighted by Crippen LogP contribution is -2.06. The van der Waals surface area contributed by atoms with Crippen molar-refractivity contribution in [3.05, 3.63) is 29.3 Å². The molecule has 0 bridgehead atoms. The van der Waals surface area contributed by atoms with Crippen molar-refractivity contribution in [3.8, 4) is 0 Å². The van der Waals surface area contributed by atoms with Crippen molar-refractivity contribution in [2.45, 2.75) is 5.75 Å². The Labute approximate surface area is 80.9 Å². The van der Waals surface area contributed by atoms with Gasteiger partial charge in [0.05, 0.1) is 5.56 Å². The average Bonchev–Trinajstić information content (AvgIpc) is 2.04. The number of aromatic carboxylic acids is 1. The summed E-state index contributed by atoms with van der Waals surface area (Å²) in [5.41, 5.74) is 6.91. The summed E-state index contributed by atoms with van der Waals surface area (Å²) in [5.74, 6) is -0.283. The lowest BCUT2D eigenvalue weighted by Gasteiger charge is -2.06. The fraction of sp³-hybridized carbons (Fsp3) is 0.222. The molecule has 3 nitrogen and oxygen atoms in total. The fourth-order valence-electron chi connectivity index (χ4n) is 1.16. The second kappa shape index (κ2) is 4.18. The lowest BCUT2D eigenvalue weighted by atomic mass is 10.1. The first-order chi connectivity index (χ1) is 6.16. The van der Waals surface area contributed by atoms with Gasteiger partial charge in [0.1, 0.15) is 0 Å². The zero-order chi connectivity index (χ0) is 9.84. The van der Waals surface area contributed by atoms with E-state index in [2.05, 4.69) is 0 Å². The van der Waals surface area contributed by atoms with E-state index in [-0.39, 0.29) is 5.56 Å². The standard InChI is InChI=1S/C9H11NO2S/c1-13-5-6-3-2-4-7(10)8(6)9(11)12/h2-4H,5,10H2,1H3,(H,11,12). The van der Waals surface area contributed by atoms with Crippen LogP contribution in [0.25, 0.3) is 0 Å². The van der Waals surface area contributed by atoms with Gasteiger partial charge in [-0.2, -0.15) is 11.8 Å². The van der Waals surface area contributed by atoms with Crippen LogP contribution in [-0.2, 0) is 5.75 Å². The smallest absolute Gasteiger partial charge is 0.338 e. The summed E-state index contributed by atoms with van der Waals surface area (Å²) in [6.07, 6.45) is 1.93. The van der Waals surface area contributed by atoms with Crippen molar-refractivity contribution in [1.29, 1.82) is 0 Å². The van der Waals surface area contributed by atoms with Gasteiger partial charge in [-0.05, 0) is 17.9 Å². The maximum absolute atomic E-state index is 10.8. The Morgan fingerprint density at radius 3 is 2.85 bits per heavy atom. The Morgan fingerprint density at radius 1 is 1.62 bits per heavy atom. The minimum Gasteiger partial charge on any atom is -0.478 e. The molecule has 0 aliphatic rings. The number of benzene rings is 1. The quantitative estimate of drug-likeness (QED) is 0.726. The zero-order valence-corrected chi connectivity index (χ0v) is 8.10. The summed E-state index contributed by atoms with van der Waals surface area (Å²) in [7, 11) is 0. The second-order valence-corrected chi connectivity index (χ2v) is 3.49. The van der Waals surface area contributed by atoms with Crippen LogP contribution in [0.1, 0.15) is 15.9 Å². The topological polar surface area (TPSA) is 63.3 Å². The number of hydrogen-bond donors (Lipinski definition) is 2. The molecule has 0 spiro atoms. The zero-order valence-electron chi connectivity index (χ0n) is 7.28. The van der Waals surface area contributed by atoms with Gasteiger partial charge in [0.15, 0.2) is 0 Å². The first-order valence-electron chi connectivity index (χ1n) is 3.76. The normalized spacial score (nSPS) is 9.92. The molecular formula is C9H11NO2S. The van der Waals surface area contributed by atoms with Crippen molar-refractivity contribution in [2.24, 2.45) is 0 Å². The highest BCUT2D eigenvalue weighted by Gasteiger charge is 2.12. The molecule has 0 fully saturated rings. The van der Waals surface area contributed by atoms with Crippen LogP contribution < -0.4 is 5.73 Å². The molecule has 13 heavy (non-hydrogen) atoms. The summed E-state index contributed by atoms with van der Waals surface area (Å²) >= 11 is 1.58. The van der Waals surface area contributed by atoms with Crippen LogP contribution in [-0.4, -0.2) is 17.3 Å². The monoisotopic (exact) mass is 197 g/mol. The number of hydrogen-bond acceptors (Lipinski definition) is 3. The van der Waals surface area contributed by atoms with Crippen LogP contribution >= 0.6 is 11.8 Å². The predicted molar refractivity (Wildman–Crippen MR) is 55.0 cm³/mol. The number of nitrogens with two attached hydrogens (primary N) is 1. The van der Waals surface area contributed by atoms with Gasteiger partial charge in [-0.1, -0.05) is 12.1 Å². The Hall–Kier alpha value is -1.16. The van der Waals surface area contributed by atoms with E-state index in [0.717, 1.165) is 5.56 Å². The third-order valence-corrected chi connectivity index (χ3v) is 2.30. The average molecular weight is 197 g/mol. The van der Waals surface area contributed by atoms with E-state index in [1.807, 2.05) is 6.26 Å². The van der Waals surface area contributed by atoms with E-state index in [1.165, 1.54) is 0 Å². The van der Waals surface area contributed by atoms with E-state index in [9.17, 15) is 4.79 Å². The number of carboxylic acids is 1. The van der Waals surface area contributed by atoms with E-state index in [0.29, 0.717) is 11.4 Å². The highest BCUT2D eigenvalue weighted by molar-refractivity contribution is 7.97. The first-order valence-corrected chi connectivity index (χ1v) is 5.15. The van der Waals surface area contributed by atoms with Crippen LogP contribution in [0.5, 0.6) is 0 Å². The number of carboxylic acid groups (broad SMARTS) is 1. The highest BCUT2D eigenvalue weighted by atomic mass is 32.2. The van der Waals surface area contributed by atoms with Crippen LogP contribution in [0.2, 0.25) is 0 Å². The van der Waals surface area contributed by atoms with E-state index < -0.39 is 5.97 Å². The SMILES string of the molecule is CSCc1cccc(N)c1C(=O)O. The molecule has 4 heteroatoms. The van der Waals surface area contributed by atoms with Gasteiger partial charge >= 0.3 is 5.97 Å². The first kappa shape index (κ1) is 9.92. The molecule has 0 saturated heterocycles. The maximum Gasteiger partial charge on any atom is 0.338 e. The predicted octanol–water partition coefficient (Wildman–Crippen LogP) is 1.83. The van der Waals surface area contributed by atoms with Gasteiger partial charge < -0.3 is 10.8 Å². The molecule has 1 rings (SSSR count). The summed E-state index contributed by atoms with van der Waals surface area (Å²) < 4.78 is 0. The molecular weight excluding hydrogens is 186 g/mol. The Kier molecular flexibility index (Phi) is 3.19.